The van der Waals surface area contributed by atoms with Gasteiger partial charge in [0, 0.05) is 11.9 Å². The standard InChI is InChI=1S/C12H14N4/c1-9-3-4-13-12(5-9)14-7-11-6-10(2)15-8-16-11/h3-6,8H,7H2,1-2H3,(H,13,14). The molecule has 16 heavy (non-hydrogen) atoms. The average Bonchev–Trinajstić information content (AvgIpc) is 2.27. The quantitative estimate of drug-likeness (QED) is 0.850. The Morgan fingerprint density at radius 1 is 1.12 bits per heavy atom. The average molecular weight is 214 g/mol. The summed E-state index contributed by atoms with van der Waals surface area (Å²) in [7, 11) is 0. The third-order valence-corrected chi connectivity index (χ3v) is 2.23. The van der Waals surface area contributed by atoms with Crippen LogP contribution in [0.3, 0.4) is 0 Å². The first-order valence-electron chi connectivity index (χ1n) is 5.18. The third kappa shape index (κ3) is 2.76. The molecule has 2 aromatic rings. The molecule has 0 saturated carbocycles. The maximum Gasteiger partial charge on any atom is 0.126 e. The summed E-state index contributed by atoms with van der Waals surface area (Å²) in [5.41, 5.74) is 3.14. The largest absolute Gasteiger partial charge is 0.364 e. The lowest BCUT2D eigenvalue weighted by Crippen LogP contribution is -2.04. The zero-order chi connectivity index (χ0) is 11.4. The van der Waals surface area contributed by atoms with Crippen LogP contribution in [-0.2, 0) is 6.54 Å². The summed E-state index contributed by atoms with van der Waals surface area (Å²) in [5, 5.41) is 3.23. The molecule has 0 fully saturated rings. The van der Waals surface area contributed by atoms with E-state index in [0.717, 1.165) is 17.2 Å². The van der Waals surface area contributed by atoms with E-state index in [0.29, 0.717) is 6.54 Å². The molecule has 0 radical (unpaired) electrons. The van der Waals surface area contributed by atoms with E-state index in [9.17, 15) is 0 Å². The third-order valence-electron chi connectivity index (χ3n) is 2.23. The van der Waals surface area contributed by atoms with Gasteiger partial charge in [-0.2, -0.15) is 0 Å². The smallest absolute Gasteiger partial charge is 0.126 e. The van der Waals surface area contributed by atoms with Crippen LogP contribution in [0.2, 0.25) is 0 Å². The fourth-order valence-electron chi connectivity index (χ4n) is 1.42. The summed E-state index contributed by atoms with van der Waals surface area (Å²) >= 11 is 0. The Labute approximate surface area is 94.8 Å². The van der Waals surface area contributed by atoms with Crippen LogP contribution in [0.15, 0.2) is 30.7 Å². The van der Waals surface area contributed by atoms with E-state index in [2.05, 4.69) is 20.3 Å². The molecule has 0 spiro atoms. The topological polar surface area (TPSA) is 50.7 Å². The molecule has 0 aliphatic rings. The Morgan fingerprint density at radius 2 is 2.00 bits per heavy atom. The van der Waals surface area contributed by atoms with Gasteiger partial charge in [-0.1, -0.05) is 0 Å². The lowest BCUT2D eigenvalue weighted by molar-refractivity contribution is 0.974. The van der Waals surface area contributed by atoms with E-state index in [-0.39, 0.29) is 0 Å². The van der Waals surface area contributed by atoms with Gasteiger partial charge in [0.05, 0.1) is 12.2 Å². The van der Waals surface area contributed by atoms with Crippen LogP contribution in [0.25, 0.3) is 0 Å². The fraction of sp³-hybridized carbons (Fsp3) is 0.250. The van der Waals surface area contributed by atoms with Crippen LogP contribution in [0.5, 0.6) is 0 Å². The van der Waals surface area contributed by atoms with Crippen molar-refractivity contribution in [1.82, 2.24) is 15.0 Å². The summed E-state index contributed by atoms with van der Waals surface area (Å²) in [4.78, 5) is 12.5. The van der Waals surface area contributed by atoms with Gasteiger partial charge in [-0.15, -0.1) is 0 Å². The predicted octanol–water partition coefficient (Wildman–Crippen LogP) is 2.10. The van der Waals surface area contributed by atoms with Crippen molar-refractivity contribution < 1.29 is 0 Å². The first-order chi connectivity index (χ1) is 7.74. The van der Waals surface area contributed by atoms with Crippen molar-refractivity contribution in [1.29, 1.82) is 0 Å². The van der Waals surface area contributed by atoms with Crippen LogP contribution in [0.1, 0.15) is 17.0 Å². The fourth-order valence-corrected chi connectivity index (χ4v) is 1.42. The molecule has 0 saturated heterocycles. The second kappa shape index (κ2) is 4.70. The molecule has 0 unspecified atom stereocenters. The SMILES string of the molecule is Cc1ccnc(NCc2cc(C)ncn2)c1. The zero-order valence-electron chi connectivity index (χ0n) is 9.44. The van der Waals surface area contributed by atoms with Crippen molar-refractivity contribution in [3.8, 4) is 0 Å². The summed E-state index contributed by atoms with van der Waals surface area (Å²) in [5.74, 6) is 0.872. The zero-order valence-corrected chi connectivity index (χ0v) is 9.44. The number of aromatic nitrogens is 3. The monoisotopic (exact) mass is 214 g/mol. The Morgan fingerprint density at radius 3 is 2.75 bits per heavy atom. The summed E-state index contributed by atoms with van der Waals surface area (Å²) in [6.07, 6.45) is 3.37. The van der Waals surface area contributed by atoms with Gasteiger partial charge < -0.3 is 5.32 Å². The first kappa shape index (κ1) is 10.5. The maximum atomic E-state index is 4.22. The number of rotatable bonds is 3. The molecule has 0 bridgehead atoms. The molecule has 4 nitrogen and oxygen atoms in total. The molecule has 0 amide bonds. The Hall–Kier alpha value is -1.97. The number of hydrogen-bond donors (Lipinski definition) is 1. The van der Waals surface area contributed by atoms with Gasteiger partial charge in [0.25, 0.3) is 0 Å². The molecular weight excluding hydrogens is 200 g/mol. The number of nitrogens with zero attached hydrogens (tertiary/aromatic N) is 3. The van der Waals surface area contributed by atoms with Crippen molar-refractivity contribution >= 4 is 5.82 Å². The van der Waals surface area contributed by atoms with Crippen LogP contribution in [-0.4, -0.2) is 15.0 Å². The number of anilines is 1. The summed E-state index contributed by atoms with van der Waals surface area (Å²) in [6.45, 7) is 4.66. The van der Waals surface area contributed by atoms with E-state index in [1.807, 2.05) is 32.0 Å². The van der Waals surface area contributed by atoms with Gasteiger partial charge in [-0.25, -0.2) is 15.0 Å². The van der Waals surface area contributed by atoms with Gasteiger partial charge in [0.2, 0.25) is 0 Å². The molecule has 2 rings (SSSR count). The van der Waals surface area contributed by atoms with Crippen LogP contribution >= 0.6 is 0 Å². The van der Waals surface area contributed by atoms with Crippen molar-refractivity contribution in [2.24, 2.45) is 0 Å². The highest BCUT2D eigenvalue weighted by atomic mass is 15.0. The van der Waals surface area contributed by atoms with E-state index in [4.69, 9.17) is 0 Å². The lowest BCUT2D eigenvalue weighted by atomic mass is 10.3. The van der Waals surface area contributed by atoms with Crippen molar-refractivity contribution in [2.75, 3.05) is 5.32 Å². The number of aryl methyl sites for hydroxylation is 2. The first-order valence-corrected chi connectivity index (χ1v) is 5.18. The highest BCUT2D eigenvalue weighted by Gasteiger charge is 1.97. The molecule has 0 aromatic carbocycles. The van der Waals surface area contributed by atoms with Gasteiger partial charge >= 0.3 is 0 Å². The van der Waals surface area contributed by atoms with Crippen molar-refractivity contribution in [2.45, 2.75) is 20.4 Å². The Kier molecular flexibility index (Phi) is 3.10. The number of nitrogens with one attached hydrogen (secondary N) is 1. The molecule has 2 aromatic heterocycles. The molecule has 1 N–H and O–H groups in total. The van der Waals surface area contributed by atoms with E-state index < -0.39 is 0 Å². The molecule has 0 aliphatic heterocycles. The van der Waals surface area contributed by atoms with E-state index >= 15 is 0 Å². The Bertz CT molecular complexity index is 436. The molecule has 82 valence electrons. The summed E-state index contributed by atoms with van der Waals surface area (Å²) in [6, 6.07) is 5.94. The predicted molar refractivity (Wildman–Crippen MR) is 63.1 cm³/mol. The van der Waals surface area contributed by atoms with Crippen molar-refractivity contribution in [3.63, 3.8) is 0 Å². The second-order valence-electron chi connectivity index (χ2n) is 3.72. The summed E-state index contributed by atoms with van der Waals surface area (Å²) < 4.78 is 0. The molecule has 0 aliphatic carbocycles. The van der Waals surface area contributed by atoms with E-state index in [1.54, 1.807) is 12.5 Å². The normalized spacial score (nSPS) is 10.1. The Balaban J connectivity index is 2.02. The lowest BCUT2D eigenvalue weighted by Gasteiger charge is -2.05. The second-order valence-corrected chi connectivity index (χ2v) is 3.72. The number of pyridine rings is 1. The molecule has 4 heteroatoms. The van der Waals surface area contributed by atoms with Gasteiger partial charge in [-0.3, -0.25) is 0 Å². The van der Waals surface area contributed by atoms with Crippen molar-refractivity contribution in [3.05, 3.63) is 47.7 Å². The maximum absolute atomic E-state index is 4.22. The molecule has 0 atom stereocenters. The number of hydrogen-bond acceptors (Lipinski definition) is 4. The van der Waals surface area contributed by atoms with Crippen LogP contribution in [0.4, 0.5) is 5.82 Å². The minimum Gasteiger partial charge on any atom is -0.364 e. The highest BCUT2D eigenvalue weighted by molar-refractivity contribution is 5.37. The molecular formula is C12H14N4. The highest BCUT2D eigenvalue weighted by Crippen LogP contribution is 2.07. The van der Waals surface area contributed by atoms with Gasteiger partial charge in [0.1, 0.15) is 12.1 Å². The molecule has 2 heterocycles. The van der Waals surface area contributed by atoms with Gasteiger partial charge in [0.15, 0.2) is 0 Å². The minimum absolute atomic E-state index is 0.666. The minimum atomic E-state index is 0.666. The van der Waals surface area contributed by atoms with E-state index in [1.165, 1.54) is 5.56 Å². The van der Waals surface area contributed by atoms with Crippen LogP contribution < -0.4 is 5.32 Å². The van der Waals surface area contributed by atoms with Crippen LogP contribution in [0, 0.1) is 13.8 Å². The van der Waals surface area contributed by atoms with Gasteiger partial charge in [-0.05, 0) is 37.6 Å².